The third-order valence-corrected chi connectivity index (χ3v) is 3.59. The van der Waals surface area contributed by atoms with Gasteiger partial charge in [0.05, 0.1) is 5.75 Å². The minimum absolute atomic E-state index is 0.0537. The van der Waals surface area contributed by atoms with Crippen molar-refractivity contribution in [3.63, 3.8) is 0 Å². The maximum Gasteiger partial charge on any atom is 0.313 e. The summed E-state index contributed by atoms with van der Waals surface area (Å²) in [5.74, 6) is -1.09. The number of hydrogen-bond donors (Lipinski definition) is 2. The number of rotatable bonds is 5. The van der Waals surface area contributed by atoms with E-state index in [0.29, 0.717) is 10.8 Å². The largest absolute Gasteiger partial charge is 0.481 e. The number of aromatic nitrogens is 2. The van der Waals surface area contributed by atoms with E-state index in [1.807, 2.05) is 29.7 Å². The smallest absolute Gasteiger partial charge is 0.313 e. The van der Waals surface area contributed by atoms with Gasteiger partial charge in [-0.3, -0.25) is 14.2 Å². The predicted octanol–water partition coefficient (Wildman–Crippen LogP) is 2.32. The number of amides is 1. The van der Waals surface area contributed by atoms with Gasteiger partial charge in [0.15, 0.2) is 5.16 Å². The van der Waals surface area contributed by atoms with Gasteiger partial charge >= 0.3 is 5.97 Å². The van der Waals surface area contributed by atoms with Crippen molar-refractivity contribution in [3.8, 4) is 5.69 Å². The number of carboxylic acids is 1. The number of aryl methyl sites for hydroxylation is 1. The number of imidazole rings is 1. The molecule has 2 aromatic rings. The number of nitrogens with zero attached hydrogens (tertiary/aromatic N) is 2. The molecule has 0 radical (unpaired) electrons. The van der Waals surface area contributed by atoms with Crippen molar-refractivity contribution < 1.29 is 14.7 Å². The summed E-state index contributed by atoms with van der Waals surface area (Å²) in [5, 5.41) is 12.1. The zero-order valence-electron chi connectivity index (χ0n) is 11.7. The zero-order chi connectivity index (χ0) is 15.4. The molecule has 2 rings (SSSR count). The first kappa shape index (κ1) is 15.1. The summed E-state index contributed by atoms with van der Waals surface area (Å²) in [6.07, 6.45) is 1.69. The molecule has 0 saturated heterocycles. The Balaban J connectivity index is 2.34. The van der Waals surface area contributed by atoms with Crippen LogP contribution in [0.3, 0.4) is 0 Å². The molecular weight excluding hydrogens is 290 g/mol. The lowest BCUT2D eigenvalue weighted by Gasteiger charge is -2.11. The van der Waals surface area contributed by atoms with Crippen LogP contribution in [0, 0.1) is 6.92 Å². The average Bonchev–Trinajstić information content (AvgIpc) is 2.77. The molecular formula is C14H15N3O3S. The quantitative estimate of drug-likeness (QED) is 0.828. The minimum Gasteiger partial charge on any atom is -0.481 e. The Labute approximate surface area is 126 Å². The Hall–Kier alpha value is -2.28. The number of carbonyl (C=O) groups excluding carboxylic acids is 1. The molecule has 1 aromatic carbocycles. The predicted molar refractivity (Wildman–Crippen MR) is 81.0 cm³/mol. The third-order valence-electron chi connectivity index (χ3n) is 2.66. The van der Waals surface area contributed by atoms with Gasteiger partial charge in [0.1, 0.15) is 0 Å². The number of anilines is 1. The zero-order valence-corrected chi connectivity index (χ0v) is 12.5. The Morgan fingerprint density at radius 3 is 2.86 bits per heavy atom. The van der Waals surface area contributed by atoms with E-state index >= 15 is 0 Å². The SMILES string of the molecule is CC(=O)Nc1cccc(-n2c(C)cnc2SCC(=O)O)c1. The highest BCUT2D eigenvalue weighted by molar-refractivity contribution is 7.99. The van der Waals surface area contributed by atoms with Crippen LogP contribution in [-0.2, 0) is 9.59 Å². The molecule has 0 aliphatic rings. The molecule has 0 fully saturated rings. The number of thioether (sulfide) groups is 1. The van der Waals surface area contributed by atoms with Gasteiger partial charge < -0.3 is 10.4 Å². The van der Waals surface area contributed by atoms with Crippen LogP contribution in [0.1, 0.15) is 12.6 Å². The lowest BCUT2D eigenvalue weighted by Crippen LogP contribution is -2.07. The molecule has 2 N–H and O–H groups in total. The molecule has 0 spiro atoms. The van der Waals surface area contributed by atoms with Crippen LogP contribution in [0.15, 0.2) is 35.6 Å². The van der Waals surface area contributed by atoms with Gasteiger partial charge in [0.2, 0.25) is 5.91 Å². The molecule has 21 heavy (non-hydrogen) atoms. The van der Waals surface area contributed by atoms with Gasteiger partial charge in [-0.05, 0) is 25.1 Å². The maximum absolute atomic E-state index is 11.1. The lowest BCUT2D eigenvalue weighted by atomic mass is 10.2. The second-order valence-corrected chi connectivity index (χ2v) is 5.37. The van der Waals surface area contributed by atoms with Crippen molar-refractivity contribution >= 4 is 29.3 Å². The van der Waals surface area contributed by atoms with E-state index < -0.39 is 5.97 Å². The van der Waals surface area contributed by atoms with Crippen LogP contribution < -0.4 is 5.32 Å². The van der Waals surface area contributed by atoms with Crippen LogP contribution >= 0.6 is 11.8 Å². The highest BCUT2D eigenvalue weighted by atomic mass is 32.2. The van der Waals surface area contributed by atoms with Crippen molar-refractivity contribution in [1.29, 1.82) is 0 Å². The summed E-state index contributed by atoms with van der Waals surface area (Å²) in [5.41, 5.74) is 2.40. The van der Waals surface area contributed by atoms with Crippen LogP contribution in [0.25, 0.3) is 5.69 Å². The fourth-order valence-corrected chi connectivity index (χ4v) is 2.64. The number of aliphatic carboxylic acids is 1. The van der Waals surface area contributed by atoms with Crippen molar-refractivity contribution in [3.05, 3.63) is 36.2 Å². The fourth-order valence-electron chi connectivity index (χ4n) is 1.88. The summed E-state index contributed by atoms with van der Waals surface area (Å²) in [6.45, 7) is 3.34. The highest BCUT2D eigenvalue weighted by Crippen LogP contribution is 2.24. The maximum atomic E-state index is 11.1. The van der Waals surface area contributed by atoms with E-state index in [-0.39, 0.29) is 11.7 Å². The minimum atomic E-state index is -0.890. The molecule has 0 unspecified atom stereocenters. The number of carboxylic acid groups (broad SMARTS) is 1. The average molecular weight is 305 g/mol. The van der Waals surface area contributed by atoms with E-state index in [9.17, 15) is 9.59 Å². The van der Waals surface area contributed by atoms with Gasteiger partial charge in [-0.15, -0.1) is 0 Å². The van der Waals surface area contributed by atoms with Crippen molar-refractivity contribution in [2.45, 2.75) is 19.0 Å². The highest BCUT2D eigenvalue weighted by Gasteiger charge is 2.12. The van der Waals surface area contributed by atoms with E-state index in [1.165, 1.54) is 6.92 Å². The molecule has 0 atom stereocenters. The molecule has 0 bridgehead atoms. The van der Waals surface area contributed by atoms with Gasteiger partial charge in [-0.2, -0.15) is 0 Å². The molecule has 1 amide bonds. The number of nitrogens with one attached hydrogen (secondary N) is 1. The fraction of sp³-hybridized carbons (Fsp3) is 0.214. The van der Waals surface area contributed by atoms with E-state index in [4.69, 9.17) is 5.11 Å². The number of carbonyl (C=O) groups is 2. The van der Waals surface area contributed by atoms with Crippen LogP contribution in [0.2, 0.25) is 0 Å². The number of benzene rings is 1. The summed E-state index contributed by atoms with van der Waals surface area (Å²) in [6, 6.07) is 7.32. The summed E-state index contributed by atoms with van der Waals surface area (Å²) in [7, 11) is 0. The third kappa shape index (κ3) is 3.85. The van der Waals surface area contributed by atoms with Crippen LogP contribution in [-0.4, -0.2) is 32.3 Å². The van der Waals surface area contributed by atoms with E-state index in [1.54, 1.807) is 12.3 Å². The Morgan fingerprint density at radius 2 is 2.19 bits per heavy atom. The second kappa shape index (κ2) is 6.45. The Morgan fingerprint density at radius 1 is 1.43 bits per heavy atom. The van der Waals surface area contributed by atoms with Gasteiger partial charge in [0, 0.05) is 30.2 Å². The van der Waals surface area contributed by atoms with Crippen molar-refractivity contribution in [1.82, 2.24) is 9.55 Å². The van der Waals surface area contributed by atoms with Crippen LogP contribution in [0.5, 0.6) is 0 Å². The molecule has 0 aliphatic carbocycles. The number of hydrogen-bond acceptors (Lipinski definition) is 4. The summed E-state index contributed by atoms with van der Waals surface area (Å²) >= 11 is 1.16. The topological polar surface area (TPSA) is 84.2 Å². The normalized spacial score (nSPS) is 10.4. The van der Waals surface area contributed by atoms with Gasteiger partial charge in [0.25, 0.3) is 0 Å². The Kier molecular flexibility index (Phi) is 4.64. The van der Waals surface area contributed by atoms with Crippen molar-refractivity contribution in [2.24, 2.45) is 0 Å². The van der Waals surface area contributed by atoms with Gasteiger partial charge in [-0.1, -0.05) is 17.8 Å². The molecule has 7 heteroatoms. The molecule has 110 valence electrons. The lowest BCUT2D eigenvalue weighted by molar-refractivity contribution is -0.133. The Bertz CT molecular complexity index is 682. The van der Waals surface area contributed by atoms with Gasteiger partial charge in [-0.25, -0.2) is 4.98 Å². The molecule has 0 saturated carbocycles. The molecule has 1 heterocycles. The molecule has 6 nitrogen and oxygen atoms in total. The van der Waals surface area contributed by atoms with E-state index in [0.717, 1.165) is 23.1 Å². The first-order valence-corrected chi connectivity index (χ1v) is 7.23. The standard InChI is InChI=1S/C14H15N3O3S/c1-9-7-15-14(21-8-13(19)20)17(9)12-5-3-4-11(6-12)16-10(2)18/h3-7H,8H2,1-2H3,(H,16,18)(H,19,20). The van der Waals surface area contributed by atoms with Crippen LogP contribution in [0.4, 0.5) is 5.69 Å². The summed E-state index contributed by atoms with van der Waals surface area (Å²) in [4.78, 5) is 26.0. The first-order chi connectivity index (χ1) is 9.97. The monoisotopic (exact) mass is 305 g/mol. The molecule has 0 aliphatic heterocycles. The van der Waals surface area contributed by atoms with Crippen molar-refractivity contribution in [2.75, 3.05) is 11.1 Å². The first-order valence-electron chi connectivity index (χ1n) is 6.24. The summed E-state index contributed by atoms with van der Waals surface area (Å²) < 4.78 is 1.86. The second-order valence-electron chi connectivity index (χ2n) is 4.43. The van der Waals surface area contributed by atoms with E-state index in [2.05, 4.69) is 10.3 Å². The molecule has 1 aromatic heterocycles.